The van der Waals surface area contributed by atoms with Gasteiger partial charge in [0.15, 0.2) is 0 Å². The van der Waals surface area contributed by atoms with E-state index in [0.717, 1.165) is 39.0 Å². The molecule has 0 bridgehead atoms. The molecule has 0 saturated carbocycles. The zero-order valence-corrected chi connectivity index (χ0v) is 11.4. The molecule has 2 heterocycles. The van der Waals surface area contributed by atoms with Crippen LogP contribution in [-0.4, -0.2) is 68.7 Å². The Bertz CT molecular complexity index is 331. The van der Waals surface area contributed by atoms with Crippen molar-refractivity contribution in [2.45, 2.75) is 25.8 Å². The van der Waals surface area contributed by atoms with E-state index in [1.165, 1.54) is 0 Å². The molecule has 100 valence electrons. The summed E-state index contributed by atoms with van der Waals surface area (Å²) < 4.78 is 25.1. The van der Waals surface area contributed by atoms with Crippen molar-refractivity contribution in [2.75, 3.05) is 45.0 Å². The van der Waals surface area contributed by atoms with Crippen LogP contribution in [0, 0.1) is 0 Å². The molecule has 6 heteroatoms. The molecule has 0 spiro atoms. The third-order valence-corrected chi connectivity index (χ3v) is 5.73. The van der Waals surface area contributed by atoms with Gasteiger partial charge in [0.25, 0.3) is 0 Å². The molecule has 2 aliphatic rings. The van der Waals surface area contributed by atoms with E-state index in [1.807, 2.05) is 0 Å². The number of rotatable bonds is 3. The second-order valence-electron chi connectivity index (χ2n) is 4.82. The maximum Gasteiger partial charge on any atom is 0.213 e. The van der Waals surface area contributed by atoms with Gasteiger partial charge < -0.3 is 5.32 Å². The van der Waals surface area contributed by atoms with Gasteiger partial charge in [0.1, 0.15) is 0 Å². The maximum absolute atomic E-state index is 11.7. The predicted octanol–water partition coefficient (Wildman–Crippen LogP) is -0.294. The van der Waals surface area contributed by atoms with Gasteiger partial charge in [0.05, 0.1) is 5.75 Å². The summed E-state index contributed by atoms with van der Waals surface area (Å²) in [6, 6.07) is 0.584. The molecule has 17 heavy (non-hydrogen) atoms. The molecule has 0 aliphatic carbocycles. The van der Waals surface area contributed by atoms with Gasteiger partial charge in [-0.3, -0.25) is 4.90 Å². The first-order valence-corrected chi connectivity index (χ1v) is 8.17. The molecule has 2 aliphatic heterocycles. The minimum atomic E-state index is -2.97. The normalized spacial score (nSPS) is 26.2. The fourth-order valence-corrected chi connectivity index (χ4v) is 3.85. The number of hydrogen-bond donors (Lipinski definition) is 1. The van der Waals surface area contributed by atoms with Crippen LogP contribution in [0.4, 0.5) is 0 Å². The second kappa shape index (κ2) is 5.65. The average molecular weight is 261 g/mol. The summed E-state index contributed by atoms with van der Waals surface area (Å²) in [5.74, 6) is 0.227. The summed E-state index contributed by atoms with van der Waals surface area (Å²) in [7, 11) is -2.97. The molecule has 0 unspecified atom stereocenters. The Morgan fingerprint density at radius 1 is 1.12 bits per heavy atom. The van der Waals surface area contributed by atoms with Crippen LogP contribution in [0.1, 0.15) is 19.8 Å². The molecule has 0 atom stereocenters. The van der Waals surface area contributed by atoms with Crippen molar-refractivity contribution in [1.29, 1.82) is 0 Å². The summed E-state index contributed by atoms with van der Waals surface area (Å²) in [6.45, 7) is 7.45. The third-order valence-electron chi connectivity index (χ3n) is 3.85. The van der Waals surface area contributed by atoms with E-state index in [4.69, 9.17) is 0 Å². The van der Waals surface area contributed by atoms with Gasteiger partial charge in [-0.1, -0.05) is 0 Å². The lowest BCUT2D eigenvalue weighted by Crippen LogP contribution is -2.52. The Morgan fingerprint density at radius 3 is 2.24 bits per heavy atom. The van der Waals surface area contributed by atoms with E-state index in [9.17, 15) is 8.42 Å². The van der Waals surface area contributed by atoms with Gasteiger partial charge >= 0.3 is 0 Å². The van der Waals surface area contributed by atoms with Crippen LogP contribution >= 0.6 is 0 Å². The number of sulfonamides is 1. The largest absolute Gasteiger partial charge is 0.314 e. The smallest absolute Gasteiger partial charge is 0.213 e. The monoisotopic (exact) mass is 261 g/mol. The molecule has 1 N–H and O–H groups in total. The fraction of sp³-hybridized carbons (Fsp3) is 1.00. The van der Waals surface area contributed by atoms with Crippen molar-refractivity contribution < 1.29 is 8.42 Å². The van der Waals surface area contributed by atoms with Gasteiger partial charge in [-0.25, -0.2) is 12.7 Å². The Labute approximate surface area is 104 Å². The van der Waals surface area contributed by atoms with Crippen LogP contribution < -0.4 is 5.32 Å². The van der Waals surface area contributed by atoms with E-state index < -0.39 is 10.0 Å². The van der Waals surface area contributed by atoms with Gasteiger partial charge in [0, 0.05) is 45.3 Å². The van der Waals surface area contributed by atoms with Crippen molar-refractivity contribution in [1.82, 2.24) is 14.5 Å². The molecule has 0 aromatic heterocycles. The van der Waals surface area contributed by atoms with Crippen LogP contribution in [-0.2, 0) is 10.0 Å². The summed E-state index contributed by atoms with van der Waals surface area (Å²) >= 11 is 0. The number of hydrogen-bond acceptors (Lipinski definition) is 4. The minimum Gasteiger partial charge on any atom is -0.314 e. The van der Waals surface area contributed by atoms with Crippen LogP contribution in [0.2, 0.25) is 0 Å². The van der Waals surface area contributed by atoms with E-state index in [2.05, 4.69) is 10.2 Å². The Balaban J connectivity index is 1.85. The Hall–Kier alpha value is -0.170. The van der Waals surface area contributed by atoms with Crippen molar-refractivity contribution in [2.24, 2.45) is 0 Å². The molecule has 2 rings (SSSR count). The highest BCUT2D eigenvalue weighted by atomic mass is 32.2. The lowest BCUT2D eigenvalue weighted by Gasteiger charge is -2.39. The number of nitrogens with zero attached hydrogens (tertiary/aromatic N) is 2. The molecule has 0 radical (unpaired) electrons. The SMILES string of the molecule is CCS(=O)(=O)N1CCC(N2CCNCC2)CC1. The lowest BCUT2D eigenvalue weighted by atomic mass is 10.0. The van der Waals surface area contributed by atoms with Crippen LogP contribution in [0.25, 0.3) is 0 Å². The fourth-order valence-electron chi connectivity index (χ4n) is 2.72. The molecule has 0 aromatic rings. The summed E-state index contributed by atoms with van der Waals surface area (Å²) in [5, 5.41) is 3.35. The molecule has 0 aromatic carbocycles. The Morgan fingerprint density at radius 2 is 1.71 bits per heavy atom. The quantitative estimate of drug-likeness (QED) is 0.758. The number of piperidine rings is 1. The minimum absolute atomic E-state index is 0.227. The first-order valence-electron chi connectivity index (χ1n) is 6.56. The highest BCUT2D eigenvalue weighted by Crippen LogP contribution is 2.19. The molecular formula is C11H23N3O2S. The van der Waals surface area contributed by atoms with E-state index in [0.29, 0.717) is 19.1 Å². The summed E-state index contributed by atoms with van der Waals surface area (Å²) in [4.78, 5) is 2.51. The van der Waals surface area contributed by atoms with Gasteiger partial charge in [-0.05, 0) is 19.8 Å². The lowest BCUT2D eigenvalue weighted by molar-refractivity contribution is 0.125. The summed E-state index contributed by atoms with van der Waals surface area (Å²) in [5.41, 5.74) is 0. The average Bonchev–Trinajstić information content (AvgIpc) is 2.40. The van der Waals surface area contributed by atoms with E-state index in [1.54, 1.807) is 11.2 Å². The van der Waals surface area contributed by atoms with Crippen LogP contribution in [0.3, 0.4) is 0 Å². The third kappa shape index (κ3) is 3.19. The first kappa shape index (κ1) is 13.3. The highest BCUT2D eigenvalue weighted by Gasteiger charge is 2.29. The number of piperazine rings is 1. The molecular weight excluding hydrogens is 238 g/mol. The highest BCUT2D eigenvalue weighted by molar-refractivity contribution is 7.89. The molecule has 2 saturated heterocycles. The van der Waals surface area contributed by atoms with Crippen molar-refractivity contribution in [3.63, 3.8) is 0 Å². The van der Waals surface area contributed by atoms with Gasteiger partial charge in [-0.2, -0.15) is 0 Å². The molecule has 2 fully saturated rings. The van der Waals surface area contributed by atoms with Crippen LogP contribution in [0.5, 0.6) is 0 Å². The Kier molecular flexibility index (Phi) is 4.41. The van der Waals surface area contributed by atoms with Crippen molar-refractivity contribution in [3.8, 4) is 0 Å². The van der Waals surface area contributed by atoms with Crippen molar-refractivity contribution >= 4 is 10.0 Å². The zero-order valence-electron chi connectivity index (χ0n) is 10.6. The van der Waals surface area contributed by atoms with E-state index in [-0.39, 0.29) is 5.75 Å². The zero-order chi connectivity index (χ0) is 12.3. The number of nitrogens with one attached hydrogen (secondary N) is 1. The summed E-state index contributed by atoms with van der Waals surface area (Å²) in [6.07, 6.45) is 1.97. The topological polar surface area (TPSA) is 52.7 Å². The standard InChI is InChI=1S/C11H23N3O2S/c1-2-17(15,16)14-7-3-11(4-8-14)13-9-5-12-6-10-13/h11-12H,2-10H2,1H3. The second-order valence-corrected chi connectivity index (χ2v) is 7.07. The van der Waals surface area contributed by atoms with Gasteiger partial charge in [-0.15, -0.1) is 0 Å². The van der Waals surface area contributed by atoms with Crippen LogP contribution in [0.15, 0.2) is 0 Å². The van der Waals surface area contributed by atoms with Gasteiger partial charge in [0.2, 0.25) is 10.0 Å². The van der Waals surface area contributed by atoms with Crippen molar-refractivity contribution in [3.05, 3.63) is 0 Å². The molecule has 0 amide bonds. The molecule has 5 nitrogen and oxygen atoms in total. The maximum atomic E-state index is 11.7. The predicted molar refractivity (Wildman–Crippen MR) is 68.5 cm³/mol. The first-order chi connectivity index (χ1) is 8.13. The van der Waals surface area contributed by atoms with E-state index >= 15 is 0 Å².